The van der Waals surface area contributed by atoms with Gasteiger partial charge in [0.1, 0.15) is 11.8 Å². The fourth-order valence-electron chi connectivity index (χ4n) is 6.20. The van der Waals surface area contributed by atoms with Gasteiger partial charge in [-0.1, -0.05) is 67.1 Å². The van der Waals surface area contributed by atoms with Crippen molar-refractivity contribution >= 4 is 11.7 Å². The summed E-state index contributed by atoms with van der Waals surface area (Å²) in [4.78, 5) is 29.3. The molecule has 1 amide bonds. The van der Waals surface area contributed by atoms with Gasteiger partial charge in [-0.15, -0.1) is 0 Å². The minimum atomic E-state index is 0.0635. The average Bonchev–Trinajstić information content (AvgIpc) is 2.81. The predicted molar refractivity (Wildman–Crippen MR) is 121 cm³/mol. The predicted octanol–water partition coefficient (Wildman–Crippen LogP) is 2.90. The highest BCUT2D eigenvalue weighted by molar-refractivity contribution is 5.88. The zero-order chi connectivity index (χ0) is 21.2. The van der Waals surface area contributed by atoms with E-state index in [1.54, 1.807) is 0 Å². The van der Waals surface area contributed by atoms with Crippen LogP contribution in [0.5, 0.6) is 0 Å². The van der Waals surface area contributed by atoms with Crippen molar-refractivity contribution in [3.05, 3.63) is 71.8 Å². The Labute approximate surface area is 185 Å². The average molecular weight is 418 g/mol. The van der Waals surface area contributed by atoms with Crippen LogP contribution in [0.2, 0.25) is 0 Å². The number of rotatable bonds is 4. The highest BCUT2D eigenvalue weighted by atomic mass is 16.2. The number of carbonyl (C=O) groups is 2. The summed E-state index contributed by atoms with van der Waals surface area (Å²) in [7, 11) is 0. The molecule has 2 atom stereocenters. The molecule has 4 nitrogen and oxygen atoms in total. The van der Waals surface area contributed by atoms with Gasteiger partial charge in [0.05, 0.1) is 26.2 Å². The topological polar surface area (TPSA) is 41.8 Å². The van der Waals surface area contributed by atoms with E-state index in [4.69, 9.17) is 0 Å². The molecule has 1 N–H and O–H groups in total. The van der Waals surface area contributed by atoms with Crippen molar-refractivity contribution in [1.82, 2.24) is 4.90 Å². The molecule has 2 saturated carbocycles. The Kier molecular flexibility index (Phi) is 5.91. The number of Topliss-reactive ketones (excluding diaryl/α,β-unsaturated/α-hetero) is 1. The molecule has 3 fully saturated rings. The van der Waals surface area contributed by atoms with Crippen LogP contribution in [0.25, 0.3) is 0 Å². The normalized spacial score (nSPS) is 26.8. The van der Waals surface area contributed by atoms with E-state index in [2.05, 4.69) is 65.6 Å². The molecule has 31 heavy (non-hydrogen) atoms. The maximum Gasteiger partial charge on any atom is 0.226 e. The minimum Gasteiger partial charge on any atom is -0.331 e. The van der Waals surface area contributed by atoms with Gasteiger partial charge in [0.2, 0.25) is 5.91 Å². The second-order valence-corrected chi connectivity index (χ2v) is 9.63. The van der Waals surface area contributed by atoms with Crippen LogP contribution < -0.4 is 4.90 Å². The van der Waals surface area contributed by atoms with Gasteiger partial charge in [0, 0.05) is 28.9 Å². The number of nitrogens with one attached hydrogen (secondary N) is 1. The van der Waals surface area contributed by atoms with Crippen LogP contribution in [0.4, 0.5) is 0 Å². The Bertz CT molecular complexity index is 850. The van der Waals surface area contributed by atoms with Crippen LogP contribution in [0.1, 0.15) is 49.3 Å². The third-order valence-electron chi connectivity index (χ3n) is 7.79. The molecular weight excluding hydrogens is 384 g/mol. The van der Waals surface area contributed by atoms with Crippen molar-refractivity contribution in [3.63, 3.8) is 0 Å². The third kappa shape index (κ3) is 4.18. The Morgan fingerprint density at radius 3 is 1.87 bits per heavy atom. The maximum absolute atomic E-state index is 13.3. The highest BCUT2D eigenvalue weighted by Crippen LogP contribution is 2.40. The standard InChI is InChI=1S/C27H32N2O2/c30-26-22-12-7-13-23(26)19-24(18-22)27(31)29-16-14-28(15-17-29)25(20-8-3-1-4-9-20)21-10-5-2-6-11-21/h1-6,8-11,22-25H,7,12-19H2/p+1/t22-,23-/m0/s1. The maximum atomic E-state index is 13.3. The number of nitrogens with zero attached hydrogens (tertiary/aromatic N) is 1. The van der Waals surface area contributed by atoms with E-state index in [1.807, 2.05) is 0 Å². The zero-order valence-corrected chi connectivity index (χ0v) is 18.2. The van der Waals surface area contributed by atoms with E-state index in [0.29, 0.717) is 17.7 Å². The third-order valence-corrected chi connectivity index (χ3v) is 7.79. The molecule has 2 aromatic carbocycles. The highest BCUT2D eigenvalue weighted by Gasteiger charge is 2.43. The summed E-state index contributed by atoms with van der Waals surface area (Å²) in [6.07, 6.45) is 4.72. The van der Waals surface area contributed by atoms with Gasteiger partial charge >= 0.3 is 0 Å². The van der Waals surface area contributed by atoms with Crippen LogP contribution in [0.15, 0.2) is 60.7 Å². The first-order valence-electron chi connectivity index (χ1n) is 12.0. The fraction of sp³-hybridized carbons (Fsp3) is 0.481. The molecule has 2 aliphatic carbocycles. The second kappa shape index (κ2) is 8.96. The molecule has 0 aromatic heterocycles. The number of fused-ring (bicyclic) bond motifs is 2. The Morgan fingerprint density at radius 2 is 1.35 bits per heavy atom. The summed E-state index contributed by atoms with van der Waals surface area (Å²) < 4.78 is 0. The number of carbonyl (C=O) groups excluding carboxylic acids is 2. The number of amides is 1. The lowest BCUT2D eigenvalue weighted by molar-refractivity contribution is -0.929. The second-order valence-electron chi connectivity index (χ2n) is 9.63. The van der Waals surface area contributed by atoms with Crippen molar-refractivity contribution in [2.24, 2.45) is 17.8 Å². The lowest BCUT2D eigenvalue weighted by Crippen LogP contribution is -3.15. The quantitative estimate of drug-likeness (QED) is 0.831. The number of ketones is 1. The molecule has 3 aliphatic rings. The SMILES string of the molecule is O=C1[C@H]2CCC[C@H]1CC(C(=O)N1CC[NH+](C(c3ccccc3)c3ccccc3)CC1)C2. The van der Waals surface area contributed by atoms with Crippen molar-refractivity contribution in [3.8, 4) is 0 Å². The lowest BCUT2D eigenvalue weighted by Gasteiger charge is -2.41. The molecule has 5 rings (SSSR count). The van der Waals surface area contributed by atoms with Crippen molar-refractivity contribution < 1.29 is 14.5 Å². The Morgan fingerprint density at radius 1 is 0.839 bits per heavy atom. The molecule has 4 heteroatoms. The number of hydrogen-bond acceptors (Lipinski definition) is 2. The van der Waals surface area contributed by atoms with Gasteiger partial charge < -0.3 is 9.80 Å². The van der Waals surface area contributed by atoms with Crippen LogP contribution in [-0.4, -0.2) is 42.8 Å². The summed E-state index contributed by atoms with van der Waals surface area (Å²) >= 11 is 0. The van der Waals surface area contributed by atoms with E-state index < -0.39 is 0 Å². The first-order valence-corrected chi connectivity index (χ1v) is 12.0. The number of quaternary nitrogens is 1. The molecular formula is C27H33N2O2+. The molecule has 2 aromatic rings. The van der Waals surface area contributed by atoms with Gasteiger partial charge in [0.25, 0.3) is 0 Å². The van der Waals surface area contributed by atoms with Gasteiger partial charge in [-0.25, -0.2) is 0 Å². The Hall–Kier alpha value is -2.46. The van der Waals surface area contributed by atoms with Crippen LogP contribution in [0, 0.1) is 17.8 Å². The lowest BCUT2D eigenvalue weighted by atomic mass is 9.67. The molecule has 1 heterocycles. The smallest absolute Gasteiger partial charge is 0.226 e. The zero-order valence-electron chi connectivity index (χ0n) is 18.2. The minimum absolute atomic E-state index is 0.0635. The first kappa shape index (κ1) is 20.4. The van der Waals surface area contributed by atoms with Crippen LogP contribution >= 0.6 is 0 Å². The number of benzene rings is 2. The summed E-state index contributed by atoms with van der Waals surface area (Å²) in [5.74, 6) is 1.11. The molecule has 162 valence electrons. The van der Waals surface area contributed by atoms with E-state index >= 15 is 0 Å². The summed E-state index contributed by atoms with van der Waals surface area (Å²) in [5, 5.41) is 0. The summed E-state index contributed by atoms with van der Waals surface area (Å²) in [6.45, 7) is 3.53. The van der Waals surface area contributed by atoms with Crippen LogP contribution in [-0.2, 0) is 9.59 Å². The van der Waals surface area contributed by atoms with Crippen molar-refractivity contribution in [2.75, 3.05) is 26.2 Å². The van der Waals surface area contributed by atoms with E-state index in [9.17, 15) is 9.59 Å². The van der Waals surface area contributed by atoms with Gasteiger partial charge in [-0.3, -0.25) is 9.59 Å². The van der Waals surface area contributed by atoms with Gasteiger partial charge in [-0.2, -0.15) is 0 Å². The van der Waals surface area contributed by atoms with E-state index in [1.165, 1.54) is 16.0 Å². The summed E-state index contributed by atoms with van der Waals surface area (Å²) in [6, 6.07) is 21.8. The van der Waals surface area contributed by atoms with Crippen molar-refractivity contribution in [2.45, 2.75) is 38.1 Å². The number of piperazine rings is 1. The molecule has 0 unspecified atom stereocenters. The van der Waals surface area contributed by atoms with E-state index in [-0.39, 0.29) is 17.8 Å². The fourth-order valence-corrected chi connectivity index (χ4v) is 6.20. The number of hydrogen-bond donors (Lipinski definition) is 1. The van der Waals surface area contributed by atoms with Crippen molar-refractivity contribution in [1.29, 1.82) is 0 Å². The molecule has 0 spiro atoms. The van der Waals surface area contributed by atoms with E-state index in [0.717, 1.165) is 58.3 Å². The summed E-state index contributed by atoms with van der Waals surface area (Å²) in [5.41, 5.74) is 2.67. The van der Waals surface area contributed by atoms with Gasteiger partial charge in [0.15, 0.2) is 0 Å². The molecule has 2 bridgehead atoms. The molecule has 1 saturated heterocycles. The first-order chi connectivity index (χ1) is 15.2. The van der Waals surface area contributed by atoms with Crippen LogP contribution in [0.3, 0.4) is 0 Å². The molecule has 1 aliphatic heterocycles. The Balaban J connectivity index is 1.27. The monoisotopic (exact) mass is 417 g/mol. The molecule has 0 radical (unpaired) electrons. The largest absolute Gasteiger partial charge is 0.331 e. The van der Waals surface area contributed by atoms with Gasteiger partial charge in [-0.05, 0) is 25.7 Å².